The van der Waals surface area contributed by atoms with Crippen molar-refractivity contribution in [2.75, 3.05) is 39.3 Å². The summed E-state index contributed by atoms with van der Waals surface area (Å²) < 4.78 is 19.9. The fourth-order valence-corrected chi connectivity index (χ4v) is 5.42. The van der Waals surface area contributed by atoms with Crippen molar-refractivity contribution in [2.24, 2.45) is 0 Å². The van der Waals surface area contributed by atoms with Crippen molar-refractivity contribution in [1.82, 2.24) is 29.3 Å². The minimum atomic E-state index is -0.493. The molecule has 10 nitrogen and oxygen atoms in total. The van der Waals surface area contributed by atoms with Crippen LogP contribution in [0.25, 0.3) is 22.6 Å². The number of piperazine rings is 1. The molecule has 232 valence electrons. The van der Waals surface area contributed by atoms with E-state index in [1.54, 1.807) is 4.90 Å². The van der Waals surface area contributed by atoms with Gasteiger partial charge in [0.25, 0.3) is 0 Å². The Morgan fingerprint density at radius 2 is 1.77 bits per heavy atom. The first-order chi connectivity index (χ1) is 21.1. The second kappa shape index (κ2) is 12.2. The Morgan fingerprint density at radius 1 is 1.02 bits per heavy atom. The molecule has 2 aliphatic rings. The van der Waals surface area contributed by atoms with Gasteiger partial charge in [0.05, 0.1) is 11.6 Å². The molecule has 2 aromatic carbocycles. The number of aromatic nitrogens is 4. The number of ether oxygens (including phenoxy) is 3. The highest BCUT2D eigenvalue weighted by atomic mass is 35.5. The lowest BCUT2D eigenvalue weighted by Gasteiger charge is -2.35. The van der Waals surface area contributed by atoms with Crippen molar-refractivity contribution in [3.05, 3.63) is 65.4 Å². The molecule has 0 radical (unpaired) electrons. The molecular weight excluding hydrogens is 580 g/mol. The predicted octanol–water partition coefficient (Wildman–Crippen LogP) is 6.06. The standard InChI is InChI=1S/C33H39ClN6O4/c1-32(2,3)44-31(41)39-16-14-38(15-17-39)18-19-42-24-10-11-25(26(34)20-24)28-37-27-29(40(28)21-23-8-6-5-7-9-23)35-22-36-30(27)43-33(4)12-13-33/h5-11,20,22H,12-19,21H2,1-4H3. The minimum Gasteiger partial charge on any atom is -0.492 e. The summed E-state index contributed by atoms with van der Waals surface area (Å²) in [5.41, 5.74) is 2.51. The van der Waals surface area contributed by atoms with Crippen molar-refractivity contribution in [3.8, 4) is 23.0 Å². The Balaban J connectivity index is 1.15. The molecule has 3 heterocycles. The highest BCUT2D eigenvalue weighted by molar-refractivity contribution is 6.33. The Hall–Kier alpha value is -3.89. The lowest BCUT2D eigenvalue weighted by Crippen LogP contribution is -2.50. The van der Waals surface area contributed by atoms with Crippen molar-refractivity contribution in [3.63, 3.8) is 0 Å². The third-order valence-corrected chi connectivity index (χ3v) is 8.17. The van der Waals surface area contributed by atoms with Crippen LogP contribution >= 0.6 is 11.6 Å². The summed E-state index contributed by atoms with van der Waals surface area (Å²) in [5.74, 6) is 1.86. The Labute approximate surface area is 262 Å². The molecule has 0 atom stereocenters. The number of nitrogens with zero attached hydrogens (tertiary/aromatic N) is 6. The number of hydrogen-bond donors (Lipinski definition) is 0. The Morgan fingerprint density at radius 3 is 2.45 bits per heavy atom. The van der Waals surface area contributed by atoms with Crippen molar-refractivity contribution in [1.29, 1.82) is 0 Å². The number of halogens is 1. The van der Waals surface area contributed by atoms with E-state index in [9.17, 15) is 4.79 Å². The van der Waals surface area contributed by atoms with Crippen LogP contribution in [0.15, 0.2) is 54.9 Å². The van der Waals surface area contributed by atoms with Crippen LogP contribution in [-0.2, 0) is 11.3 Å². The molecule has 6 rings (SSSR count). The van der Waals surface area contributed by atoms with Gasteiger partial charge < -0.3 is 23.7 Å². The summed E-state index contributed by atoms with van der Waals surface area (Å²) in [6, 6.07) is 15.9. The second-order valence-electron chi connectivity index (χ2n) is 12.7. The van der Waals surface area contributed by atoms with Gasteiger partial charge in [0.1, 0.15) is 35.7 Å². The van der Waals surface area contributed by atoms with Crippen LogP contribution in [0.5, 0.6) is 11.6 Å². The molecule has 2 aromatic heterocycles. The highest BCUT2D eigenvalue weighted by Crippen LogP contribution is 2.41. The van der Waals surface area contributed by atoms with E-state index >= 15 is 0 Å². The number of hydrogen-bond acceptors (Lipinski definition) is 8. The molecule has 1 saturated carbocycles. The predicted molar refractivity (Wildman–Crippen MR) is 169 cm³/mol. The molecule has 1 aliphatic carbocycles. The molecule has 1 saturated heterocycles. The topological polar surface area (TPSA) is 94.8 Å². The lowest BCUT2D eigenvalue weighted by molar-refractivity contribution is 0.0137. The van der Waals surface area contributed by atoms with Gasteiger partial charge >= 0.3 is 6.09 Å². The summed E-state index contributed by atoms with van der Waals surface area (Å²) in [5, 5.41) is 0.530. The zero-order chi connectivity index (χ0) is 30.9. The summed E-state index contributed by atoms with van der Waals surface area (Å²) in [4.78, 5) is 30.4. The first kappa shape index (κ1) is 30.1. The van der Waals surface area contributed by atoms with E-state index < -0.39 is 5.60 Å². The number of carbonyl (C=O) groups excluding carboxylic acids is 1. The maximum atomic E-state index is 12.3. The van der Waals surface area contributed by atoms with E-state index in [0.717, 1.165) is 43.6 Å². The molecule has 11 heteroatoms. The van der Waals surface area contributed by atoms with Crippen molar-refractivity contribution in [2.45, 2.75) is 58.3 Å². The van der Waals surface area contributed by atoms with Gasteiger partial charge in [0.15, 0.2) is 11.2 Å². The molecule has 0 bridgehead atoms. The monoisotopic (exact) mass is 618 g/mol. The van der Waals surface area contributed by atoms with Gasteiger partial charge in [0, 0.05) is 38.3 Å². The molecule has 2 fully saturated rings. The normalized spacial score (nSPS) is 16.6. The van der Waals surface area contributed by atoms with Crippen LogP contribution in [0, 0.1) is 0 Å². The molecule has 0 unspecified atom stereocenters. The van der Waals surface area contributed by atoms with Crippen LogP contribution in [0.2, 0.25) is 5.02 Å². The number of fused-ring (bicyclic) bond motifs is 1. The third kappa shape index (κ3) is 7.08. The molecular formula is C33H39ClN6O4. The summed E-state index contributed by atoms with van der Waals surface area (Å²) in [7, 11) is 0. The Kier molecular flexibility index (Phi) is 8.39. The van der Waals surface area contributed by atoms with Crippen LogP contribution in [0.4, 0.5) is 4.79 Å². The number of benzene rings is 2. The molecule has 0 N–H and O–H groups in total. The number of rotatable bonds is 9. The minimum absolute atomic E-state index is 0.201. The zero-order valence-corrected chi connectivity index (χ0v) is 26.5. The SMILES string of the molecule is CC(C)(C)OC(=O)N1CCN(CCOc2ccc(-c3nc4c(OC5(C)CC5)ncnc4n3Cc3ccccc3)c(Cl)c2)CC1. The second-order valence-corrected chi connectivity index (χ2v) is 13.1. The van der Waals surface area contributed by atoms with Gasteiger partial charge in [-0.2, -0.15) is 4.98 Å². The summed E-state index contributed by atoms with van der Waals surface area (Å²) in [6.45, 7) is 12.4. The fourth-order valence-electron chi connectivity index (χ4n) is 5.16. The van der Waals surface area contributed by atoms with Crippen LogP contribution < -0.4 is 9.47 Å². The van der Waals surface area contributed by atoms with E-state index in [2.05, 4.69) is 38.5 Å². The van der Waals surface area contributed by atoms with E-state index in [1.807, 2.05) is 57.2 Å². The zero-order valence-electron chi connectivity index (χ0n) is 25.8. The molecule has 1 amide bonds. The maximum absolute atomic E-state index is 12.3. The fraction of sp³-hybridized carbons (Fsp3) is 0.455. The van der Waals surface area contributed by atoms with E-state index in [0.29, 0.717) is 59.9 Å². The number of carbonyl (C=O) groups is 1. The highest BCUT2D eigenvalue weighted by Gasteiger charge is 2.41. The first-order valence-corrected chi connectivity index (χ1v) is 15.5. The van der Waals surface area contributed by atoms with Gasteiger partial charge in [-0.3, -0.25) is 4.90 Å². The van der Waals surface area contributed by atoms with E-state index in [1.165, 1.54) is 6.33 Å². The van der Waals surface area contributed by atoms with Crippen LogP contribution in [0.1, 0.15) is 46.1 Å². The van der Waals surface area contributed by atoms with E-state index in [4.69, 9.17) is 30.8 Å². The van der Waals surface area contributed by atoms with Gasteiger partial charge in [-0.15, -0.1) is 0 Å². The average Bonchev–Trinajstić information content (AvgIpc) is 3.60. The summed E-state index contributed by atoms with van der Waals surface area (Å²) in [6.07, 6.45) is 3.26. The van der Waals surface area contributed by atoms with Gasteiger partial charge in [-0.1, -0.05) is 41.9 Å². The third-order valence-electron chi connectivity index (χ3n) is 7.86. The molecule has 44 heavy (non-hydrogen) atoms. The molecule has 0 spiro atoms. The van der Waals surface area contributed by atoms with Gasteiger partial charge in [-0.25, -0.2) is 14.8 Å². The number of imidazole rings is 1. The number of amides is 1. The van der Waals surface area contributed by atoms with Gasteiger partial charge in [-0.05, 0) is 64.3 Å². The first-order valence-electron chi connectivity index (χ1n) is 15.1. The Bertz CT molecular complexity index is 1620. The quantitative estimate of drug-likeness (QED) is 0.223. The van der Waals surface area contributed by atoms with Crippen LogP contribution in [-0.4, -0.2) is 85.9 Å². The summed E-state index contributed by atoms with van der Waals surface area (Å²) >= 11 is 6.88. The van der Waals surface area contributed by atoms with Crippen LogP contribution in [0.3, 0.4) is 0 Å². The molecule has 4 aromatic rings. The van der Waals surface area contributed by atoms with Crippen molar-refractivity contribution >= 4 is 28.9 Å². The lowest BCUT2D eigenvalue weighted by atomic mass is 10.2. The van der Waals surface area contributed by atoms with E-state index in [-0.39, 0.29) is 11.7 Å². The average molecular weight is 619 g/mol. The van der Waals surface area contributed by atoms with Crippen molar-refractivity contribution < 1.29 is 19.0 Å². The largest absolute Gasteiger partial charge is 0.492 e. The molecule has 1 aliphatic heterocycles. The smallest absolute Gasteiger partial charge is 0.410 e. The van der Waals surface area contributed by atoms with Gasteiger partial charge in [0.2, 0.25) is 5.88 Å². The maximum Gasteiger partial charge on any atom is 0.410 e.